The number of esters is 1. The van der Waals surface area contributed by atoms with Crippen LogP contribution < -0.4 is 5.32 Å². The molecule has 3 N–H and O–H groups in total. The molecule has 68 heavy (non-hydrogen) atoms. The Morgan fingerprint density at radius 3 is 1.00 bits per heavy atom. The largest absolute Gasteiger partial charge is 0.466 e. The highest BCUT2D eigenvalue weighted by Gasteiger charge is 2.18. The van der Waals surface area contributed by atoms with E-state index in [0.717, 1.165) is 57.8 Å². The van der Waals surface area contributed by atoms with Crippen molar-refractivity contribution in [3.8, 4) is 0 Å². The fraction of sp³-hybridized carbons (Fsp3) is 0.935. The molecule has 0 heterocycles. The summed E-state index contributed by atoms with van der Waals surface area (Å²) in [6, 6.07) is -0.637. The first-order valence-corrected chi connectivity index (χ1v) is 31.0. The van der Waals surface area contributed by atoms with Gasteiger partial charge in [0.1, 0.15) is 0 Å². The van der Waals surface area contributed by atoms with Crippen molar-refractivity contribution in [1.82, 2.24) is 5.32 Å². The van der Waals surface area contributed by atoms with E-state index < -0.39 is 12.1 Å². The first kappa shape index (κ1) is 66.6. The van der Waals surface area contributed by atoms with Gasteiger partial charge in [0.2, 0.25) is 5.91 Å². The van der Waals surface area contributed by atoms with Crippen LogP contribution in [0.4, 0.5) is 0 Å². The van der Waals surface area contributed by atoms with Crippen LogP contribution in [-0.2, 0) is 14.3 Å². The molecule has 0 aliphatic heterocycles. The van der Waals surface area contributed by atoms with Crippen LogP contribution in [0.2, 0.25) is 0 Å². The van der Waals surface area contributed by atoms with Crippen molar-refractivity contribution in [3.05, 3.63) is 12.2 Å². The molecule has 0 aromatic heterocycles. The van der Waals surface area contributed by atoms with Crippen molar-refractivity contribution in [1.29, 1.82) is 0 Å². The van der Waals surface area contributed by atoms with Crippen LogP contribution in [-0.4, -0.2) is 47.4 Å². The van der Waals surface area contributed by atoms with E-state index in [4.69, 9.17) is 4.74 Å². The van der Waals surface area contributed by atoms with Crippen molar-refractivity contribution in [2.45, 2.75) is 360 Å². The second-order valence-electron chi connectivity index (χ2n) is 21.4. The average molecular weight is 961 g/mol. The summed E-state index contributed by atoms with van der Waals surface area (Å²) in [7, 11) is 0. The number of carbonyl (C=O) groups excluding carboxylic acids is 2. The first-order chi connectivity index (χ1) is 33.5. The molecular formula is C62H121NO5. The van der Waals surface area contributed by atoms with Gasteiger partial charge in [-0.25, -0.2) is 0 Å². The molecule has 0 aromatic rings. The van der Waals surface area contributed by atoms with E-state index in [0.29, 0.717) is 19.4 Å². The number of unbranched alkanes of at least 4 members (excludes halogenated alkanes) is 47. The Kier molecular flexibility index (Phi) is 57.0. The minimum Gasteiger partial charge on any atom is -0.466 e. The van der Waals surface area contributed by atoms with Crippen molar-refractivity contribution >= 4 is 11.9 Å². The Morgan fingerprint density at radius 2 is 0.676 bits per heavy atom. The number of aliphatic hydroxyl groups is 2. The lowest BCUT2D eigenvalue weighted by Crippen LogP contribution is -2.45. The number of hydrogen-bond donors (Lipinski definition) is 3. The van der Waals surface area contributed by atoms with Crippen LogP contribution >= 0.6 is 0 Å². The minimum atomic E-state index is -0.853. The molecule has 6 nitrogen and oxygen atoms in total. The molecule has 1 amide bonds. The Labute approximate surface area is 425 Å². The molecule has 2 atom stereocenters. The molecule has 0 spiro atoms. The number of hydrogen-bond acceptors (Lipinski definition) is 5. The van der Waals surface area contributed by atoms with Crippen LogP contribution in [0.25, 0.3) is 0 Å². The van der Waals surface area contributed by atoms with E-state index in [1.807, 2.05) is 6.08 Å². The smallest absolute Gasteiger partial charge is 0.305 e. The van der Waals surface area contributed by atoms with Gasteiger partial charge in [-0.2, -0.15) is 0 Å². The predicted octanol–water partition coefficient (Wildman–Crippen LogP) is 19.2. The second kappa shape index (κ2) is 58.2. The minimum absolute atomic E-state index is 0.00230. The number of rotatable bonds is 58. The molecule has 0 aromatic carbocycles. The van der Waals surface area contributed by atoms with Gasteiger partial charge in [-0.15, -0.1) is 0 Å². The Balaban J connectivity index is 3.46. The molecule has 404 valence electrons. The molecule has 0 bridgehead atoms. The number of aliphatic hydroxyl groups excluding tert-OH is 2. The third-order valence-corrected chi connectivity index (χ3v) is 14.6. The maximum absolute atomic E-state index is 12.5. The molecule has 6 heteroatoms. The summed E-state index contributed by atoms with van der Waals surface area (Å²) in [5.41, 5.74) is 0. The van der Waals surface area contributed by atoms with E-state index in [1.165, 1.54) is 263 Å². The van der Waals surface area contributed by atoms with Crippen molar-refractivity contribution in [3.63, 3.8) is 0 Å². The zero-order chi connectivity index (χ0) is 49.3. The maximum Gasteiger partial charge on any atom is 0.305 e. The zero-order valence-corrected chi connectivity index (χ0v) is 46.1. The molecule has 2 unspecified atom stereocenters. The van der Waals surface area contributed by atoms with Crippen LogP contribution in [0.15, 0.2) is 12.2 Å². The molecule has 0 fully saturated rings. The summed E-state index contributed by atoms with van der Waals surface area (Å²) < 4.78 is 5.48. The van der Waals surface area contributed by atoms with E-state index in [-0.39, 0.29) is 18.5 Å². The lowest BCUT2D eigenvalue weighted by molar-refractivity contribution is -0.143. The van der Waals surface area contributed by atoms with Gasteiger partial charge in [0.15, 0.2) is 0 Å². The number of amides is 1. The van der Waals surface area contributed by atoms with Crippen molar-refractivity contribution < 1.29 is 24.5 Å². The predicted molar refractivity (Wildman–Crippen MR) is 297 cm³/mol. The highest BCUT2D eigenvalue weighted by molar-refractivity contribution is 5.76. The quantitative estimate of drug-likeness (QED) is 0.0321. The summed E-state index contributed by atoms with van der Waals surface area (Å²) in [6.07, 6.45) is 69.6. The lowest BCUT2D eigenvalue weighted by atomic mass is 10.0. The number of allylic oxidation sites excluding steroid dienone is 1. The van der Waals surface area contributed by atoms with E-state index >= 15 is 0 Å². The highest BCUT2D eigenvalue weighted by atomic mass is 16.5. The van der Waals surface area contributed by atoms with E-state index in [9.17, 15) is 19.8 Å². The Hall–Kier alpha value is -1.40. The number of ether oxygens (including phenoxy) is 1. The van der Waals surface area contributed by atoms with Crippen molar-refractivity contribution in [2.75, 3.05) is 13.2 Å². The maximum atomic E-state index is 12.5. The monoisotopic (exact) mass is 960 g/mol. The summed E-state index contributed by atoms with van der Waals surface area (Å²) in [5.74, 6) is -0.0788. The molecule has 0 aliphatic carbocycles. The average Bonchev–Trinajstić information content (AvgIpc) is 3.34. The highest BCUT2D eigenvalue weighted by Crippen LogP contribution is 2.18. The molecule has 0 rings (SSSR count). The van der Waals surface area contributed by atoms with Crippen LogP contribution in [0.1, 0.15) is 348 Å². The number of carbonyl (C=O) groups is 2. The summed E-state index contributed by atoms with van der Waals surface area (Å²) in [5, 5.41) is 23.2. The Bertz CT molecular complexity index is 1020. The lowest BCUT2D eigenvalue weighted by Gasteiger charge is -2.20. The number of nitrogens with one attached hydrogen (secondary N) is 1. The van der Waals surface area contributed by atoms with Gasteiger partial charge in [0.25, 0.3) is 0 Å². The van der Waals surface area contributed by atoms with Crippen molar-refractivity contribution in [2.24, 2.45) is 0 Å². The third kappa shape index (κ3) is 53.9. The van der Waals surface area contributed by atoms with Gasteiger partial charge in [0.05, 0.1) is 25.4 Å². The van der Waals surface area contributed by atoms with Gasteiger partial charge < -0.3 is 20.3 Å². The van der Waals surface area contributed by atoms with Crippen LogP contribution in [0.3, 0.4) is 0 Å². The molecular weight excluding hydrogens is 839 g/mol. The van der Waals surface area contributed by atoms with Crippen LogP contribution in [0, 0.1) is 0 Å². The Morgan fingerprint density at radius 1 is 0.397 bits per heavy atom. The fourth-order valence-corrected chi connectivity index (χ4v) is 9.81. The van der Waals surface area contributed by atoms with Gasteiger partial charge in [0, 0.05) is 12.8 Å². The fourth-order valence-electron chi connectivity index (χ4n) is 9.81. The van der Waals surface area contributed by atoms with E-state index in [1.54, 1.807) is 6.08 Å². The standard InChI is InChI=1S/C62H121NO5/c1-3-5-7-9-11-13-15-17-19-21-22-23-24-25-26-27-30-34-38-42-46-50-54-60(65)59(58-64)63-61(66)55-51-47-43-39-35-31-29-33-37-41-45-49-53-57-68-62(67)56-52-48-44-40-36-32-28-20-18-16-14-12-10-8-6-4-2/h50,54,59-60,64-65H,3-49,51-53,55-58H2,1-2H3,(H,63,66)/b54-50+. The van der Waals surface area contributed by atoms with E-state index in [2.05, 4.69) is 19.2 Å². The van der Waals surface area contributed by atoms with Gasteiger partial charge in [-0.1, -0.05) is 315 Å². The summed E-state index contributed by atoms with van der Waals surface area (Å²) in [4.78, 5) is 24.6. The second-order valence-corrected chi connectivity index (χ2v) is 21.4. The van der Waals surface area contributed by atoms with Gasteiger partial charge >= 0.3 is 5.97 Å². The topological polar surface area (TPSA) is 95.9 Å². The molecule has 0 saturated heterocycles. The van der Waals surface area contributed by atoms with Gasteiger partial charge in [-0.3, -0.25) is 9.59 Å². The third-order valence-electron chi connectivity index (χ3n) is 14.6. The zero-order valence-electron chi connectivity index (χ0n) is 46.1. The normalized spacial score (nSPS) is 12.6. The summed E-state index contributed by atoms with van der Waals surface area (Å²) >= 11 is 0. The van der Waals surface area contributed by atoms with Crippen LogP contribution in [0.5, 0.6) is 0 Å². The molecule has 0 saturated carbocycles. The van der Waals surface area contributed by atoms with Gasteiger partial charge in [-0.05, 0) is 32.1 Å². The summed E-state index contributed by atoms with van der Waals surface area (Å²) in [6.45, 7) is 4.91. The molecule has 0 radical (unpaired) electrons. The first-order valence-electron chi connectivity index (χ1n) is 31.0. The SMILES string of the molecule is CCCCCCCCCCCCCCCCCCCCCC/C=C/C(O)C(CO)NC(=O)CCCCCCCCCCCCCCCOC(=O)CCCCCCCCCCCCCCCCCC. The molecule has 0 aliphatic rings.